The summed E-state index contributed by atoms with van der Waals surface area (Å²) in [6, 6.07) is 2.59. The maximum atomic E-state index is 5.89. The molecule has 1 aliphatic carbocycles. The Bertz CT molecular complexity index is 334. The van der Waals surface area contributed by atoms with Crippen LogP contribution in [-0.4, -0.2) is 18.1 Å². The van der Waals surface area contributed by atoms with Gasteiger partial charge in [0.25, 0.3) is 0 Å². The van der Waals surface area contributed by atoms with E-state index >= 15 is 0 Å². The van der Waals surface area contributed by atoms with E-state index in [2.05, 4.69) is 17.3 Å². The summed E-state index contributed by atoms with van der Waals surface area (Å²) >= 11 is 0. The third-order valence-electron chi connectivity index (χ3n) is 3.46. The fraction of sp³-hybridized carbons (Fsp3) is 0.615. The van der Waals surface area contributed by atoms with Crippen LogP contribution >= 0.6 is 0 Å². The lowest BCUT2D eigenvalue weighted by Crippen LogP contribution is -2.27. The second-order valence-electron chi connectivity index (χ2n) is 4.70. The molecule has 16 heavy (non-hydrogen) atoms. The summed E-state index contributed by atoms with van der Waals surface area (Å²) in [4.78, 5) is 4.12. The number of hydrogen-bond donors (Lipinski definition) is 2. The van der Waals surface area contributed by atoms with Gasteiger partial charge in [0.15, 0.2) is 0 Å². The minimum absolute atomic E-state index is 0.706. The molecule has 0 radical (unpaired) electrons. The Morgan fingerprint density at radius 2 is 2.38 bits per heavy atom. The van der Waals surface area contributed by atoms with Crippen LogP contribution in [-0.2, 0) is 6.42 Å². The van der Waals surface area contributed by atoms with Crippen LogP contribution in [0.15, 0.2) is 18.5 Å². The molecule has 1 unspecified atom stereocenters. The number of anilines is 1. The molecule has 1 saturated carbocycles. The van der Waals surface area contributed by atoms with Crippen molar-refractivity contribution in [3.05, 3.63) is 24.0 Å². The third kappa shape index (κ3) is 2.95. The largest absolute Gasteiger partial charge is 0.398 e. The molecular weight excluding hydrogens is 198 g/mol. The SMILES string of the molecule is CNC(CCCc1cnccc1N)C1CC1. The van der Waals surface area contributed by atoms with Gasteiger partial charge in [-0.1, -0.05) is 0 Å². The summed E-state index contributed by atoms with van der Waals surface area (Å²) in [6.07, 6.45) is 9.93. The molecule has 88 valence electrons. The quantitative estimate of drug-likeness (QED) is 0.769. The highest BCUT2D eigenvalue weighted by Crippen LogP contribution is 2.34. The minimum atomic E-state index is 0.706. The van der Waals surface area contributed by atoms with Crippen LogP contribution in [0.5, 0.6) is 0 Å². The predicted octanol–water partition coefficient (Wildman–Crippen LogP) is 1.98. The number of aromatic nitrogens is 1. The summed E-state index contributed by atoms with van der Waals surface area (Å²) < 4.78 is 0. The van der Waals surface area contributed by atoms with Crippen molar-refractivity contribution in [3.63, 3.8) is 0 Å². The molecule has 3 nitrogen and oxygen atoms in total. The molecule has 1 atom stereocenters. The molecule has 0 aliphatic heterocycles. The lowest BCUT2D eigenvalue weighted by molar-refractivity contribution is 0.456. The van der Waals surface area contributed by atoms with Crippen molar-refractivity contribution in [2.45, 2.75) is 38.1 Å². The van der Waals surface area contributed by atoms with Crippen LogP contribution in [0.3, 0.4) is 0 Å². The highest BCUT2D eigenvalue weighted by Gasteiger charge is 2.29. The van der Waals surface area contributed by atoms with Crippen molar-refractivity contribution in [2.24, 2.45) is 5.92 Å². The number of aryl methyl sites for hydroxylation is 1. The zero-order valence-corrected chi connectivity index (χ0v) is 9.95. The molecule has 2 rings (SSSR count). The molecule has 0 aromatic carbocycles. The highest BCUT2D eigenvalue weighted by molar-refractivity contribution is 5.44. The van der Waals surface area contributed by atoms with Crippen LogP contribution in [0.2, 0.25) is 0 Å². The van der Waals surface area contributed by atoms with E-state index in [4.69, 9.17) is 5.73 Å². The molecule has 0 spiro atoms. The summed E-state index contributed by atoms with van der Waals surface area (Å²) in [5, 5.41) is 3.42. The van der Waals surface area contributed by atoms with Gasteiger partial charge in [0.1, 0.15) is 0 Å². The molecule has 0 saturated heterocycles. The van der Waals surface area contributed by atoms with Gasteiger partial charge in [-0.05, 0) is 56.7 Å². The number of nitrogens with one attached hydrogen (secondary N) is 1. The number of rotatable bonds is 6. The average molecular weight is 219 g/mol. The predicted molar refractivity (Wildman–Crippen MR) is 67.2 cm³/mol. The summed E-state index contributed by atoms with van der Waals surface area (Å²) in [5.41, 5.74) is 7.95. The molecule has 1 aliphatic rings. The number of pyridine rings is 1. The molecule has 0 amide bonds. The summed E-state index contributed by atoms with van der Waals surface area (Å²) in [5.74, 6) is 0.927. The Morgan fingerprint density at radius 3 is 3.00 bits per heavy atom. The Kier molecular flexibility index (Phi) is 3.78. The lowest BCUT2D eigenvalue weighted by atomic mass is 10.0. The van der Waals surface area contributed by atoms with Crippen LogP contribution in [0, 0.1) is 5.92 Å². The fourth-order valence-corrected chi connectivity index (χ4v) is 2.27. The monoisotopic (exact) mass is 219 g/mol. The topological polar surface area (TPSA) is 50.9 Å². The van der Waals surface area contributed by atoms with Gasteiger partial charge in [0.2, 0.25) is 0 Å². The first-order chi connectivity index (χ1) is 7.81. The van der Waals surface area contributed by atoms with Crippen LogP contribution in [0.1, 0.15) is 31.2 Å². The first-order valence-corrected chi connectivity index (χ1v) is 6.17. The Hall–Kier alpha value is -1.09. The zero-order chi connectivity index (χ0) is 11.4. The van der Waals surface area contributed by atoms with Crippen molar-refractivity contribution < 1.29 is 0 Å². The number of nitrogens with zero attached hydrogens (tertiary/aromatic N) is 1. The first-order valence-electron chi connectivity index (χ1n) is 6.17. The number of nitrogen functional groups attached to an aromatic ring is 1. The summed E-state index contributed by atoms with van der Waals surface area (Å²) in [7, 11) is 2.07. The Balaban J connectivity index is 1.77. The summed E-state index contributed by atoms with van der Waals surface area (Å²) in [6.45, 7) is 0. The second-order valence-corrected chi connectivity index (χ2v) is 4.70. The normalized spacial score (nSPS) is 17.3. The highest BCUT2D eigenvalue weighted by atomic mass is 14.9. The number of nitrogens with two attached hydrogens (primary N) is 1. The van der Waals surface area contributed by atoms with Crippen LogP contribution in [0.25, 0.3) is 0 Å². The first kappa shape index (κ1) is 11.4. The van der Waals surface area contributed by atoms with Crippen LogP contribution < -0.4 is 11.1 Å². The van der Waals surface area contributed by atoms with Crippen molar-refractivity contribution >= 4 is 5.69 Å². The standard InChI is InChI=1S/C13H21N3/c1-15-13(10-5-6-10)4-2-3-11-9-16-8-7-12(11)14/h7-10,13,15H,2-6H2,1H3,(H2,14,16). The molecule has 0 bridgehead atoms. The smallest absolute Gasteiger partial charge is 0.0377 e. The maximum absolute atomic E-state index is 5.89. The van der Waals surface area contributed by atoms with Gasteiger partial charge >= 0.3 is 0 Å². The third-order valence-corrected chi connectivity index (χ3v) is 3.46. The van der Waals surface area contributed by atoms with E-state index in [-0.39, 0.29) is 0 Å². The van der Waals surface area contributed by atoms with Gasteiger partial charge in [0.05, 0.1) is 0 Å². The molecular formula is C13H21N3. The van der Waals surface area contributed by atoms with E-state index < -0.39 is 0 Å². The van der Waals surface area contributed by atoms with E-state index in [0.717, 1.165) is 18.0 Å². The Labute approximate surface area is 97.5 Å². The van der Waals surface area contributed by atoms with Crippen molar-refractivity contribution in [1.29, 1.82) is 0 Å². The molecule has 1 heterocycles. The van der Waals surface area contributed by atoms with Crippen LogP contribution in [0.4, 0.5) is 5.69 Å². The van der Waals surface area contributed by atoms with Gasteiger partial charge in [-0.15, -0.1) is 0 Å². The molecule has 1 fully saturated rings. The van der Waals surface area contributed by atoms with E-state index in [9.17, 15) is 0 Å². The number of hydrogen-bond acceptors (Lipinski definition) is 3. The average Bonchev–Trinajstić information content (AvgIpc) is 3.11. The molecule has 1 aromatic heterocycles. The second kappa shape index (κ2) is 5.30. The van der Waals surface area contributed by atoms with Crippen molar-refractivity contribution in [3.8, 4) is 0 Å². The van der Waals surface area contributed by atoms with Gasteiger partial charge in [-0.3, -0.25) is 4.98 Å². The van der Waals surface area contributed by atoms with Gasteiger partial charge in [0, 0.05) is 24.1 Å². The van der Waals surface area contributed by atoms with Gasteiger partial charge in [-0.2, -0.15) is 0 Å². The zero-order valence-electron chi connectivity index (χ0n) is 9.95. The van der Waals surface area contributed by atoms with E-state index in [1.807, 2.05) is 12.3 Å². The van der Waals surface area contributed by atoms with Gasteiger partial charge < -0.3 is 11.1 Å². The minimum Gasteiger partial charge on any atom is -0.398 e. The fourth-order valence-electron chi connectivity index (χ4n) is 2.27. The van der Waals surface area contributed by atoms with Gasteiger partial charge in [-0.25, -0.2) is 0 Å². The lowest BCUT2D eigenvalue weighted by Gasteiger charge is -2.15. The van der Waals surface area contributed by atoms with E-state index in [0.29, 0.717) is 6.04 Å². The molecule has 3 N–H and O–H groups in total. The van der Waals surface area contributed by atoms with Crippen molar-refractivity contribution in [2.75, 3.05) is 12.8 Å². The van der Waals surface area contributed by atoms with Crippen molar-refractivity contribution in [1.82, 2.24) is 10.3 Å². The Morgan fingerprint density at radius 1 is 1.56 bits per heavy atom. The molecule has 3 heteroatoms. The van der Waals surface area contributed by atoms with E-state index in [1.165, 1.54) is 31.2 Å². The molecule has 1 aromatic rings. The maximum Gasteiger partial charge on any atom is 0.0377 e. The van der Waals surface area contributed by atoms with E-state index in [1.54, 1.807) is 6.20 Å².